The Balaban J connectivity index is 1.39. The van der Waals surface area contributed by atoms with Crippen molar-refractivity contribution in [1.29, 1.82) is 0 Å². The summed E-state index contributed by atoms with van der Waals surface area (Å²) in [5.74, 6) is 1.27. The molecule has 0 spiro atoms. The summed E-state index contributed by atoms with van der Waals surface area (Å²) in [7, 11) is 0. The number of carbonyl (C=O) groups excluding carboxylic acids is 1. The summed E-state index contributed by atoms with van der Waals surface area (Å²) in [6.07, 6.45) is 8.16. The van der Waals surface area contributed by atoms with Crippen LogP contribution in [0, 0.1) is 5.92 Å². The molecule has 4 rings (SSSR count). The molecular formula is C19H18N4O. The molecule has 0 saturated heterocycles. The quantitative estimate of drug-likeness (QED) is 0.787. The number of para-hydroxylation sites is 1. The molecule has 1 aliphatic carbocycles. The summed E-state index contributed by atoms with van der Waals surface area (Å²) in [5, 5.41) is 3.01. The van der Waals surface area contributed by atoms with Gasteiger partial charge in [-0.1, -0.05) is 24.3 Å². The highest BCUT2D eigenvalue weighted by atomic mass is 16.2. The number of rotatable bonds is 5. The lowest BCUT2D eigenvalue weighted by atomic mass is 10.1. The minimum atomic E-state index is 0.0503. The molecule has 1 saturated carbocycles. The van der Waals surface area contributed by atoms with Crippen LogP contribution in [0.1, 0.15) is 23.7 Å². The number of amides is 1. The molecule has 0 radical (unpaired) electrons. The highest BCUT2D eigenvalue weighted by Gasteiger charge is 2.43. The van der Waals surface area contributed by atoms with Crippen molar-refractivity contribution in [2.24, 2.45) is 5.92 Å². The Morgan fingerprint density at radius 2 is 2.04 bits per heavy atom. The first-order valence-electron chi connectivity index (χ1n) is 8.08. The lowest BCUT2D eigenvalue weighted by Gasteiger charge is -2.09. The number of benzene rings is 1. The van der Waals surface area contributed by atoms with Crippen molar-refractivity contribution < 1.29 is 4.79 Å². The molecule has 2 aromatic heterocycles. The van der Waals surface area contributed by atoms with Gasteiger partial charge in [0.05, 0.1) is 6.54 Å². The van der Waals surface area contributed by atoms with Crippen LogP contribution in [-0.4, -0.2) is 20.4 Å². The Hall–Kier alpha value is -2.95. The predicted octanol–water partition coefficient (Wildman–Crippen LogP) is 2.69. The third kappa shape index (κ3) is 2.93. The number of hydrogen-bond acceptors (Lipinski definition) is 3. The van der Waals surface area contributed by atoms with Crippen molar-refractivity contribution in [2.75, 3.05) is 0 Å². The first-order chi connectivity index (χ1) is 11.8. The largest absolute Gasteiger partial charge is 0.349 e. The minimum absolute atomic E-state index is 0.0503. The first kappa shape index (κ1) is 14.6. The van der Waals surface area contributed by atoms with Crippen LogP contribution in [0.2, 0.25) is 0 Å². The Bertz CT molecular complexity index is 829. The van der Waals surface area contributed by atoms with Crippen LogP contribution < -0.4 is 5.32 Å². The number of nitrogens with one attached hydrogen (secondary N) is 1. The SMILES string of the molecule is O=C(NCc1nccn1-c1ccccc1)[C@H]1C[C@H]1c1cccnc1. The van der Waals surface area contributed by atoms with Gasteiger partial charge < -0.3 is 9.88 Å². The van der Waals surface area contributed by atoms with Gasteiger partial charge >= 0.3 is 0 Å². The highest BCUT2D eigenvalue weighted by Crippen LogP contribution is 2.47. The van der Waals surface area contributed by atoms with Crippen molar-refractivity contribution in [1.82, 2.24) is 19.9 Å². The van der Waals surface area contributed by atoms with Crippen molar-refractivity contribution in [3.63, 3.8) is 0 Å². The van der Waals surface area contributed by atoms with E-state index in [4.69, 9.17) is 0 Å². The number of hydrogen-bond donors (Lipinski definition) is 1. The van der Waals surface area contributed by atoms with Crippen LogP contribution in [0.25, 0.3) is 5.69 Å². The van der Waals surface area contributed by atoms with Gasteiger partial charge in [0.2, 0.25) is 5.91 Å². The van der Waals surface area contributed by atoms with Gasteiger partial charge in [-0.2, -0.15) is 0 Å². The molecule has 2 atom stereocenters. The van der Waals surface area contributed by atoms with Crippen molar-refractivity contribution in [2.45, 2.75) is 18.9 Å². The maximum absolute atomic E-state index is 12.4. The molecule has 2 heterocycles. The Kier molecular flexibility index (Phi) is 3.83. The van der Waals surface area contributed by atoms with Gasteiger partial charge in [0.25, 0.3) is 0 Å². The number of carbonyl (C=O) groups is 1. The van der Waals surface area contributed by atoms with E-state index in [0.717, 1.165) is 23.5 Å². The average molecular weight is 318 g/mol. The second-order valence-electron chi connectivity index (χ2n) is 6.00. The van der Waals surface area contributed by atoms with E-state index in [9.17, 15) is 4.79 Å². The monoisotopic (exact) mass is 318 g/mol. The summed E-state index contributed by atoms with van der Waals surface area (Å²) in [5.41, 5.74) is 2.18. The van der Waals surface area contributed by atoms with Gasteiger partial charge in [0.1, 0.15) is 5.82 Å². The lowest BCUT2D eigenvalue weighted by Crippen LogP contribution is -2.26. The predicted molar refractivity (Wildman–Crippen MR) is 90.5 cm³/mol. The zero-order valence-corrected chi connectivity index (χ0v) is 13.2. The van der Waals surface area contributed by atoms with E-state index in [-0.39, 0.29) is 11.8 Å². The standard InChI is InChI=1S/C19H18N4O/c24-19(17-11-16(17)14-5-4-8-20-12-14)22-13-18-21-9-10-23(18)15-6-2-1-3-7-15/h1-10,12,16-17H,11,13H2,(H,22,24)/t16-,17-/m0/s1. The van der Waals surface area contributed by atoms with E-state index < -0.39 is 0 Å². The fourth-order valence-corrected chi connectivity index (χ4v) is 3.03. The van der Waals surface area contributed by atoms with Crippen LogP contribution in [0.15, 0.2) is 67.3 Å². The third-order valence-electron chi connectivity index (χ3n) is 4.41. The van der Waals surface area contributed by atoms with Gasteiger partial charge in [-0.05, 0) is 36.1 Å². The van der Waals surface area contributed by atoms with Gasteiger partial charge in [0.15, 0.2) is 0 Å². The molecule has 0 aliphatic heterocycles. The second-order valence-corrected chi connectivity index (χ2v) is 6.00. The molecular weight excluding hydrogens is 300 g/mol. The Morgan fingerprint density at radius 1 is 1.17 bits per heavy atom. The molecule has 1 N–H and O–H groups in total. The zero-order valence-electron chi connectivity index (χ0n) is 13.2. The molecule has 0 bridgehead atoms. The summed E-state index contributed by atoms with van der Waals surface area (Å²) < 4.78 is 1.99. The summed E-state index contributed by atoms with van der Waals surface area (Å²) in [6.45, 7) is 0.428. The number of pyridine rings is 1. The summed E-state index contributed by atoms with van der Waals surface area (Å²) >= 11 is 0. The van der Waals surface area contributed by atoms with Crippen LogP contribution in [0.3, 0.4) is 0 Å². The lowest BCUT2D eigenvalue weighted by molar-refractivity contribution is -0.122. The maximum Gasteiger partial charge on any atom is 0.224 e. The molecule has 1 fully saturated rings. The van der Waals surface area contributed by atoms with Crippen molar-refractivity contribution >= 4 is 5.91 Å². The minimum Gasteiger partial charge on any atom is -0.349 e. The summed E-state index contributed by atoms with van der Waals surface area (Å²) in [4.78, 5) is 20.8. The van der Waals surface area contributed by atoms with Gasteiger partial charge in [-0.25, -0.2) is 4.98 Å². The normalized spacial score (nSPS) is 19.0. The van der Waals surface area contributed by atoms with E-state index in [1.165, 1.54) is 0 Å². The third-order valence-corrected chi connectivity index (χ3v) is 4.41. The molecule has 5 nitrogen and oxygen atoms in total. The second kappa shape index (κ2) is 6.28. The Labute approximate surface area is 140 Å². The summed E-state index contributed by atoms with van der Waals surface area (Å²) in [6, 6.07) is 13.9. The van der Waals surface area contributed by atoms with Crippen LogP contribution >= 0.6 is 0 Å². The molecule has 1 aromatic carbocycles. The molecule has 1 aliphatic rings. The number of aromatic nitrogens is 3. The topological polar surface area (TPSA) is 59.8 Å². The molecule has 1 amide bonds. The van der Waals surface area contributed by atoms with E-state index in [1.807, 2.05) is 59.4 Å². The van der Waals surface area contributed by atoms with Gasteiger partial charge in [-0.15, -0.1) is 0 Å². The molecule has 0 unspecified atom stereocenters. The number of imidazole rings is 1. The average Bonchev–Trinajstić information content (AvgIpc) is 3.31. The maximum atomic E-state index is 12.4. The molecule has 120 valence electrons. The fourth-order valence-electron chi connectivity index (χ4n) is 3.03. The van der Waals surface area contributed by atoms with Crippen LogP contribution in [0.5, 0.6) is 0 Å². The molecule has 24 heavy (non-hydrogen) atoms. The molecule has 3 aromatic rings. The molecule has 5 heteroatoms. The van der Waals surface area contributed by atoms with Crippen LogP contribution in [-0.2, 0) is 11.3 Å². The van der Waals surface area contributed by atoms with Crippen molar-refractivity contribution in [3.05, 3.63) is 78.6 Å². The van der Waals surface area contributed by atoms with E-state index in [2.05, 4.69) is 15.3 Å². The smallest absolute Gasteiger partial charge is 0.224 e. The zero-order chi connectivity index (χ0) is 16.4. The van der Waals surface area contributed by atoms with Gasteiger partial charge in [-0.3, -0.25) is 9.78 Å². The van der Waals surface area contributed by atoms with E-state index in [1.54, 1.807) is 12.4 Å². The first-order valence-corrected chi connectivity index (χ1v) is 8.08. The highest BCUT2D eigenvalue weighted by molar-refractivity contribution is 5.82. The van der Waals surface area contributed by atoms with Crippen LogP contribution in [0.4, 0.5) is 0 Å². The van der Waals surface area contributed by atoms with E-state index >= 15 is 0 Å². The fraction of sp³-hybridized carbons (Fsp3) is 0.211. The van der Waals surface area contributed by atoms with Crippen molar-refractivity contribution in [3.8, 4) is 5.69 Å². The Morgan fingerprint density at radius 3 is 2.83 bits per heavy atom. The van der Waals surface area contributed by atoms with Gasteiger partial charge in [0, 0.05) is 36.4 Å². The van der Waals surface area contributed by atoms with E-state index in [0.29, 0.717) is 12.5 Å². The number of nitrogens with zero attached hydrogens (tertiary/aromatic N) is 3.